The Morgan fingerprint density at radius 3 is 2.54 bits per heavy atom. The van der Waals surface area contributed by atoms with Crippen LogP contribution in [0.5, 0.6) is 5.75 Å². The van der Waals surface area contributed by atoms with Gasteiger partial charge in [0.2, 0.25) is 0 Å². The molecule has 2 rings (SSSR count). The maximum Gasteiger partial charge on any atom is 0.307 e. The second kappa shape index (κ2) is 9.16. The smallest absolute Gasteiger partial charge is 0.307 e. The average Bonchev–Trinajstić information content (AvgIpc) is 2.66. The summed E-state index contributed by atoms with van der Waals surface area (Å²) < 4.78 is 10.2. The van der Waals surface area contributed by atoms with Gasteiger partial charge in [-0.15, -0.1) is 0 Å². The molecule has 26 heavy (non-hydrogen) atoms. The first-order valence-electron chi connectivity index (χ1n) is 7.81. The van der Waals surface area contributed by atoms with Gasteiger partial charge in [0.05, 0.1) is 18.5 Å². The molecule has 0 fully saturated rings. The second-order valence-corrected chi connectivity index (χ2v) is 5.32. The first-order chi connectivity index (χ1) is 12.5. The van der Waals surface area contributed by atoms with Crippen LogP contribution in [0.1, 0.15) is 22.3 Å². The second-order valence-electron chi connectivity index (χ2n) is 5.32. The third-order valence-electron chi connectivity index (χ3n) is 3.49. The number of rotatable bonds is 8. The Balaban J connectivity index is 1.73. The van der Waals surface area contributed by atoms with Crippen LogP contribution in [0.3, 0.4) is 0 Å². The number of benzene rings is 2. The number of nitrogens with zero attached hydrogens (tertiary/aromatic N) is 1. The van der Waals surface area contributed by atoms with Crippen LogP contribution in [0.25, 0.3) is 0 Å². The Hall–Kier alpha value is -3.42. The number of hydrogen-bond acceptors (Lipinski definition) is 6. The SMILES string of the molecule is COc1cccc(COC(=O)CCNC(=O)c2ccc([N+](=O)[O-])cc2)c1. The van der Waals surface area contributed by atoms with Gasteiger partial charge in [-0.1, -0.05) is 12.1 Å². The van der Waals surface area contributed by atoms with Crippen LogP contribution in [0.2, 0.25) is 0 Å². The lowest BCUT2D eigenvalue weighted by atomic mass is 10.2. The van der Waals surface area contributed by atoms with Crippen molar-refractivity contribution < 1.29 is 24.0 Å². The highest BCUT2D eigenvalue weighted by Crippen LogP contribution is 2.13. The van der Waals surface area contributed by atoms with E-state index in [4.69, 9.17) is 9.47 Å². The van der Waals surface area contributed by atoms with Crippen LogP contribution in [-0.4, -0.2) is 30.5 Å². The minimum Gasteiger partial charge on any atom is -0.497 e. The van der Waals surface area contributed by atoms with Gasteiger partial charge in [-0.05, 0) is 29.8 Å². The Morgan fingerprint density at radius 1 is 1.15 bits per heavy atom. The van der Waals surface area contributed by atoms with Crippen LogP contribution >= 0.6 is 0 Å². The molecule has 0 aliphatic rings. The van der Waals surface area contributed by atoms with E-state index in [9.17, 15) is 19.7 Å². The number of amides is 1. The maximum absolute atomic E-state index is 11.9. The predicted molar refractivity (Wildman–Crippen MR) is 92.8 cm³/mol. The number of nitro groups is 1. The summed E-state index contributed by atoms with van der Waals surface area (Å²) in [5.74, 6) is -0.189. The van der Waals surface area contributed by atoms with E-state index in [1.54, 1.807) is 25.3 Å². The molecule has 0 aliphatic heterocycles. The number of nitro benzene ring substituents is 1. The van der Waals surface area contributed by atoms with Crippen molar-refractivity contribution in [1.29, 1.82) is 0 Å². The molecule has 0 atom stereocenters. The third kappa shape index (κ3) is 5.59. The van der Waals surface area contributed by atoms with Crippen LogP contribution in [0, 0.1) is 10.1 Å². The van der Waals surface area contributed by atoms with Crippen molar-refractivity contribution in [1.82, 2.24) is 5.32 Å². The predicted octanol–water partition coefficient (Wildman–Crippen LogP) is 2.47. The number of nitrogens with one attached hydrogen (secondary N) is 1. The maximum atomic E-state index is 11.9. The largest absolute Gasteiger partial charge is 0.497 e. The Labute approximate surface area is 149 Å². The highest BCUT2D eigenvalue weighted by atomic mass is 16.6. The number of methoxy groups -OCH3 is 1. The van der Waals surface area contributed by atoms with Gasteiger partial charge in [0, 0.05) is 24.2 Å². The van der Waals surface area contributed by atoms with Gasteiger partial charge in [0.25, 0.3) is 11.6 Å². The zero-order valence-electron chi connectivity index (χ0n) is 14.1. The molecule has 2 aromatic rings. The Kier molecular flexibility index (Phi) is 6.67. The van der Waals surface area contributed by atoms with E-state index in [0.717, 1.165) is 5.56 Å². The molecule has 0 radical (unpaired) electrons. The molecule has 0 heterocycles. The van der Waals surface area contributed by atoms with E-state index in [1.807, 2.05) is 6.07 Å². The summed E-state index contributed by atoms with van der Waals surface area (Å²) in [6.07, 6.45) is 0.0166. The van der Waals surface area contributed by atoms with Gasteiger partial charge in [0.15, 0.2) is 0 Å². The molecule has 0 aromatic heterocycles. The van der Waals surface area contributed by atoms with E-state index in [2.05, 4.69) is 5.32 Å². The van der Waals surface area contributed by atoms with Crippen molar-refractivity contribution in [2.45, 2.75) is 13.0 Å². The standard InChI is InChI=1S/C18H18N2O6/c1-25-16-4-2-3-13(11-16)12-26-17(21)9-10-19-18(22)14-5-7-15(8-6-14)20(23)24/h2-8,11H,9-10,12H2,1H3,(H,19,22). The number of esters is 1. The molecule has 8 nitrogen and oxygen atoms in total. The van der Waals surface area contributed by atoms with Gasteiger partial charge in [-0.3, -0.25) is 19.7 Å². The van der Waals surface area contributed by atoms with Gasteiger partial charge in [-0.2, -0.15) is 0 Å². The zero-order chi connectivity index (χ0) is 18.9. The topological polar surface area (TPSA) is 108 Å². The molecule has 0 saturated carbocycles. The lowest BCUT2D eigenvalue weighted by Gasteiger charge is -2.07. The Morgan fingerprint density at radius 2 is 1.88 bits per heavy atom. The number of hydrogen-bond donors (Lipinski definition) is 1. The summed E-state index contributed by atoms with van der Waals surface area (Å²) in [4.78, 5) is 33.7. The van der Waals surface area contributed by atoms with Crippen molar-refractivity contribution in [3.63, 3.8) is 0 Å². The fourth-order valence-electron chi connectivity index (χ4n) is 2.11. The van der Waals surface area contributed by atoms with E-state index >= 15 is 0 Å². The summed E-state index contributed by atoms with van der Waals surface area (Å²) >= 11 is 0. The summed E-state index contributed by atoms with van der Waals surface area (Å²) in [6.45, 7) is 0.221. The monoisotopic (exact) mass is 358 g/mol. The molecule has 1 amide bonds. The lowest BCUT2D eigenvalue weighted by molar-refractivity contribution is -0.384. The summed E-state index contributed by atoms with van der Waals surface area (Å²) in [5.41, 5.74) is 0.982. The minimum absolute atomic E-state index is 0.0166. The molecule has 0 unspecified atom stereocenters. The fourth-order valence-corrected chi connectivity index (χ4v) is 2.11. The van der Waals surface area contributed by atoms with Crippen molar-refractivity contribution in [3.8, 4) is 5.75 Å². The normalized spacial score (nSPS) is 10.0. The number of carbonyl (C=O) groups is 2. The van der Waals surface area contributed by atoms with Crippen LogP contribution in [0.4, 0.5) is 5.69 Å². The molecule has 0 saturated heterocycles. The number of ether oxygens (including phenoxy) is 2. The Bertz CT molecular complexity index is 789. The van der Waals surface area contributed by atoms with Gasteiger partial charge in [-0.25, -0.2) is 0 Å². The summed E-state index contributed by atoms with van der Waals surface area (Å²) in [7, 11) is 1.55. The van der Waals surface area contributed by atoms with Crippen LogP contribution in [-0.2, 0) is 16.1 Å². The quantitative estimate of drug-likeness (QED) is 0.441. The molecule has 0 bridgehead atoms. The molecule has 1 N–H and O–H groups in total. The molecule has 8 heteroatoms. The molecule has 0 spiro atoms. The highest BCUT2D eigenvalue weighted by Gasteiger charge is 2.10. The average molecular weight is 358 g/mol. The van der Waals surface area contributed by atoms with E-state index in [-0.39, 0.29) is 30.8 Å². The highest BCUT2D eigenvalue weighted by molar-refractivity contribution is 5.94. The number of carbonyl (C=O) groups excluding carboxylic acids is 2. The van der Waals surface area contributed by atoms with Crippen molar-refractivity contribution in [2.75, 3.05) is 13.7 Å². The molecule has 2 aromatic carbocycles. The van der Waals surface area contributed by atoms with Crippen molar-refractivity contribution in [2.24, 2.45) is 0 Å². The molecule has 136 valence electrons. The summed E-state index contributed by atoms with van der Waals surface area (Å²) in [5, 5.41) is 13.1. The fraction of sp³-hybridized carbons (Fsp3) is 0.222. The lowest BCUT2D eigenvalue weighted by Crippen LogP contribution is -2.26. The molecular formula is C18H18N2O6. The van der Waals surface area contributed by atoms with E-state index < -0.39 is 16.8 Å². The third-order valence-corrected chi connectivity index (χ3v) is 3.49. The zero-order valence-corrected chi connectivity index (χ0v) is 14.1. The van der Waals surface area contributed by atoms with Crippen LogP contribution in [0.15, 0.2) is 48.5 Å². The van der Waals surface area contributed by atoms with Crippen molar-refractivity contribution in [3.05, 3.63) is 69.8 Å². The minimum atomic E-state index is -0.542. The van der Waals surface area contributed by atoms with Crippen LogP contribution < -0.4 is 10.1 Å². The van der Waals surface area contributed by atoms with Gasteiger partial charge >= 0.3 is 5.97 Å². The first-order valence-corrected chi connectivity index (χ1v) is 7.81. The molecular weight excluding hydrogens is 340 g/mol. The molecule has 0 aliphatic carbocycles. The van der Waals surface area contributed by atoms with E-state index in [1.165, 1.54) is 24.3 Å². The first kappa shape index (κ1) is 18.9. The summed E-state index contributed by atoms with van der Waals surface area (Å²) in [6, 6.07) is 12.4. The number of non-ortho nitro benzene ring substituents is 1. The van der Waals surface area contributed by atoms with Gasteiger partial charge in [0.1, 0.15) is 12.4 Å². The van der Waals surface area contributed by atoms with Crippen molar-refractivity contribution >= 4 is 17.6 Å². The van der Waals surface area contributed by atoms with E-state index in [0.29, 0.717) is 5.75 Å². The van der Waals surface area contributed by atoms with Gasteiger partial charge < -0.3 is 14.8 Å².